The fraction of sp³-hybridized carbons (Fsp3) is 0.0833. The summed E-state index contributed by atoms with van der Waals surface area (Å²) in [6.07, 6.45) is 0. The first-order valence-electron chi connectivity index (χ1n) is 5.78. The highest BCUT2D eigenvalue weighted by molar-refractivity contribution is 7.89. The molecule has 0 aliphatic rings. The van der Waals surface area contributed by atoms with Gasteiger partial charge in [0.2, 0.25) is 10.0 Å². The average molecular weight is 308 g/mol. The van der Waals surface area contributed by atoms with E-state index in [1.165, 1.54) is 30.3 Å². The first kappa shape index (κ1) is 14.9. The van der Waals surface area contributed by atoms with Gasteiger partial charge in [-0.3, -0.25) is 9.59 Å². The molecule has 0 radical (unpaired) electrons. The van der Waals surface area contributed by atoms with Gasteiger partial charge in [-0.15, -0.1) is 0 Å². The molecule has 1 aromatic carbocycles. The van der Waals surface area contributed by atoms with Gasteiger partial charge >= 0.3 is 0 Å². The molecule has 0 bridgehead atoms. The lowest BCUT2D eigenvalue weighted by molar-refractivity contribution is 0.102. The minimum Gasteiger partial charge on any atom is -0.320 e. The minimum atomic E-state index is -3.79. The summed E-state index contributed by atoms with van der Waals surface area (Å²) in [6, 6.07) is 6.53. The lowest BCUT2D eigenvalue weighted by Crippen LogP contribution is -2.18. The van der Waals surface area contributed by atoms with Crippen LogP contribution in [-0.4, -0.2) is 24.5 Å². The van der Waals surface area contributed by atoms with E-state index in [-0.39, 0.29) is 10.6 Å². The molecule has 0 fully saturated rings. The van der Waals surface area contributed by atoms with Crippen molar-refractivity contribution in [1.82, 2.24) is 10.2 Å². The number of aryl methyl sites for hydroxylation is 1. The number of primary sulfonamides is 1. The van der Waals surface area contributed by atoms with E-state index in [1.54, 1.807) is 6.92 Å². The SMILES string of the molecule is Cc1cc(S(N)(=O)=O)ccc1NC(=O)c1ccc(=O)[nH]n1. The standard InChI is InChI=1S/C12H12N4O4S/c1-7-6-8(21(13,19)20)2-3-9(7)14-12(18)10-4-5-11(17)16-15-10/h2-6H,1H3,(H,14,18)(H,16,17)(H2,13,19,20). The van der Waals surface area contributed by atoms with Gasteiger partial charge < -0.3 is 5.32 Å². The van der Waals surface area contributed by atoms with E-state index in [0.717, 1.165) is 0 Å². The van der Waals surface area contributed by atoms with Crippen LogP contribution in [0.2, 0.25) is 0 Å². The number of amides is 1. The highest BCUT2D eigenvalue weighted by Crippen LogP contribution is 2.19. The Labute approximate surface area is 120 Å². The lowest BCUT2D eigenvalue weighted by Gasteiger charge is -2.09. The maximum atomic E-state index is 11.9. The second kappa shape index (κ2) is 5.46. The average Bonchev–Trinajstić information content (AvgIpc) is 2.40. The fourth-order valence-corrected chi connectivity index (χ4v) is 2.21. The van der Waals surface area contributed by atoms with Crippen LogP contribution >= 0.6 is 0 Å². The molecule has 0 spiro atoms. The minimum absolute atomic E-state index is 0.0320. The molecule has 9 heteroatoms. The molecule has 1 aromatic heterocycles. The molecular formula is C12H12N4O4S. The van der Waals surface area contributed by atoms with Crippen molar-refractivity contribution in [2.75, 3.05) is 5.32 Å². The van der Waals surface area contributed by atoms with Crippen LogP contribution in [0.1, 0.15) is 16.1 Å². The number of nitrogens with zero attached hydrogens (tertiary/aromatic N) is 1. The Morgan fingerprint density at radius 2 is 2.00 bits per heavy atom. The van der Waals surface area contributed by atoms with Crippen molar-refractivity contribution in [3.05, 3.63) is 51.9 Å². The molecule has 0 aliphatic carbocycles. The van der Waals surface area contributed by atoms with Crippen LogP contribution in [0.3, 0.4) is 0 Å². The molecule has 21 heavy (non-hydrogen) atoms. The molecule has 0 saturated carbocycles. The molecule has 1 amide bonds. The molecule has 110 valence electrons. The number of hydrogen-bond donors (Lipinski definition) is 3. The fourth-order valence-electron chi connectivity index (χ4n) is 1.61. The smallest absolute Gasteiger partial charge is 0.276 e. The van der Waals surface area contributed by atoms with Crippen LogP contribution in [0, 0.1) is 6.92 Å². The van der Waals surface area contributed by atoms with Crippen LogP contribution in [0.5, 0.6) is 0 Å². The molecular weight excluding hydrogens is 296 g/mol. The monoisotopic (exact) mass is 308 g/mol. The van der Waals surface area contributed by atoms with E-state index in [0.29, 0.717) is 11.3 Å². The number of anilines is 1. The summed E-state index contributed by atoms with van der Waals surface area (Å²) >= 11 is 0. The Morgan fingerprint density at radius 1 is 1.29 bits per heavy atom. The van der Waals surface area contributed by atoms with Crippen molar-refractivity contribution in [2.24, 2.45) is 5.14 Å². The maximum Gasteiger partial charge on any atom is 0.276 e. The van der Waals surface area contributed by atoms with Crippen molar-refractivity contribution in [2.45, 2.75) is 11.8 Å². The van der Waals surface area contributed by atoms with Crippen molar-refractivity contribution >= 4 is 21.6 Å². The van der Waals surface area contributed by atoms with Crippen LogP contribution in [-0.2, 0) is 10.0 Å². The topological polar surface area (TPSA) is 135 Å². The molecule has 2 rings (SSSR count). The summed E-state index contributed by atoms with van der Waals surface area (Å²) < 4.78 is 22.4. The van der Waals surface area contributed by atoms with Crippen LogP contribution in [0.15, 0.2) is 40.0 Å². The molecule has 8 nitrogen and oxygen atoms in total. The van der Waals surface area contributed by atoms with Gasteiger partial charge in [0.1, 0.15) is 5.69 Å². The maximum absolute atomic E-state index is 11.9. The Balaban J connectivity index is 2.26. The molecule has 2 aromatic rings. The zero-order valence-electron chi connectivity index (χ0n) is 11.0. The number of benzene rings is 1. The molecule has 4 N–H and O–H groups in total. The Bertz CT molecular complexity index is 837. The van der Waals surface area contributed by atoms with E-state index in [9.17, 15) is 18.0 Å². The van der Waals surface area contributed by atoms with Crippen LogP contribution in [0.4, 0.5) is 5.69 Å². The zero-order chi connectivity index (χ0) is 15.6. The van der Waals surface area contributed by atoms with E-state index >= 15 is 0 Å². The molecule has 0 atom stereocenters. The van der Waals surface area contributed by atoms with Crippen molar-refractivity contribution in [3.63, 3.8) is 0 Å². The Kier molecular flexibility index (Phi) is 3.87. The first-order valence-corrected chi connectivity index (χ1v) is 7.32. The van der Waals surface area contributed by atoms with Gasteiger partial charge in [0.25, 0.3) is 11.5 Å². The molecule has 0 aliphatic heterocycles. The van der Waals surface area contributed by atoms with Gasteiger partial charge in [0.05, 0.1) is 4.90 Å². The van der Waals surface area contributed by atoms with Crippen LogP contribution in [0.25, 0.3) is 0 Å². The van der Waals surface area contributed by atoms with Gasteiger partial charge in [-0.25, -0.2) is 18.7 Å². The van der Waals surface area contributed by atoms with E-state index < -0.39 is 21.5 Å². The van der Waals surface area contributed by atoms with Gasteiger partial charge in [-0.1, -0.05) is 0 Å². The van der Waals surface area contributed by atoms with Crippen molar-refractivity contribution in [3.8, 4) is 0 Å². The predicted molar refractivity (Wildman–Crippen MR) is 75.4 cm³/mol. The number of rotatable bonds is 3. The molecule has 1 heterocycles. The summed E-state index contributed by atoms with van der Waals surface area (Å²) in [6.45, 7) is 1.63. The number of H-pyrrole nitrogens is 1. The number of aromatic amines is 1. The molecule has 0 unspecified atom stereocenters. The highest BCUT2D eigenvalue weighted by Gasteiger charge is 2.12. The van der Waals surface area contributed by atoms with Crippen molar-refractivity contribution in [1.29, 1.82) is 0 Å². The number of hydrogen-bond acceptors (Lipinski definition) is 5. The normalized spacial score (nSPS) is 11.1. The summed E-state index contributed by atoms with van der Waals surface area (Å²) in [5.41, 5.74) is 0.560. The van der Waals surface area contributed by atoms with Gasteiger partial charge in [-0.2, -0.15) is 5.10 Å². The zero-order valence-corrected chi connectivity index (χ0v) is 11.8. The number of nitrogens with two attached hydrogens (primary N) is 1. The molecule has 0 saturated heterocycles. The highest BCUT2D eigenvalue weighted by atomic mass is 32.2. The van der Waals surface area contributed by atoms with Crippen molar-refractivity contribution < 1.29 is 13.2 Å². The van der Waals surface area contributed by atoms with Gasteiger partial charge in [0.15, 0.2) is 0 Å². The summed E-state index contributed by atoms with van der Waals surface area (Å²) in [5.74, 6) is -0.530. The Morgan fingerprint density at radius 3 is 2.52 bits per heavy atom. The number of sulfonamides is 1. The van der Waals surface area contributed by atoms with E-state index in [1.807, 2.05) is 0 Å². The summed E-state index contributed by atoms with van der Waals surface area (Å²) in [5, 5.41) is 13.3. The number of aromatic nitrogens is 2. The first-order chi connectivity index (χ1) is 9.77. The second-order valence-electron chi connectivity index (χ2n) is 4.28. The second-order valence-corrected chi connectivity index (χ2v) is 5.84. The third-order valence-corrected chi connectivity index (χ3v) is 3.60. The third-order valence-electron chi connectivity index (χ3n) is 2.69. The number of nitrogens with one attached hydrogen (secondary N) is 2. The largest absolute Gasteiger partial charge is 0.320 e. The van der Waals surface area contributed by atoms with Gasteiger partial charge in [0, 0.05) is 11.8 Å². The number of carbonyl (C=O) groups excluding carboxylic acids is 1. The number of carbonyl (C=O) groups is 1. The summed E-state index contributed by atoms with van der Waals surface area (Å²) in [4.78, 5) is 22.7. The van der Waals surface area contributed by atoms with E-state index in [2.05, 4.69) is 15.5 Å². The van der Waals surface area contributed by atoms with Gasteiger partial charge in [-0.05, 0) is 36.8 Å². The Hall–Kier alpha value is -2.52. The van der Waals surface area contributed by atoms with E-state index in [4.69, 9.17) is 5.14 Å². The predicted octanol–water partition coefficient (Wildman–Crippen LogP) is -0.0220. The lowest BCUT2D eigenvalue weighted by atomic mass is 10.2. The summed E-state index contributed by atoms with van der Waals surface area (Å²) in [7, 11) is -3.79. The third kappa shape index (κ3) is 3.52. The van der Waals surface area contributed by atoms with Crippen LogP contribution < -0.4 is 16.0 Å². The quantitative estimate of drug-likeness (QED) is 0.732.